The molecule has 0 aromatic rings. The molecule has 4 bridgehead atoms. The third-order valence-electron chi connectivity index (χ3n) is 14.1. The summed E-state index contributed by atoms with van der Waals surface area (Å²) in [6.45, 7) is 10.1. The molecule has 42 heavy (non-hydrogen) atoms. The van der Waals surface area contributed by atoms with Crippen LogP contribution in [0.2, 0.25) is 0 Å². The van der Waals surface area contributed by atoms with Gasteiger partial charge in [-0.3, -0.25) is 4.90 Å². The van der Waals surface area contributed by atoms with E-state index in [0.717, 1.165) is 6.42 Å². The summed E-state index contributed by atoms with van der Waals surface area (Å²) in [6, 6.07) is -0.387. The van der Waals surface area contributed by atoms with Crippen LogP contribution >= 0.6 is 0 Å². The highest BCUT2D eigenvalue weighted by Gasteiger charge is 2.88. The molecule has 8 unspecified atom stereocenters. The van der Waals surface area contributed by atoms with Gasteiger partial charge in [-0.2, -0.15) is 0 Å². The maximum atomic E-state index is 12.9. The van der Waals surface area contributed by atoms with Gasteiger partial charge in [0.25, 0.3) is 0 Å². The molecule has 10 nitrogen and oxygen atoms in total. The Balaban J connectivity index is 1.32. The summed E-state index contributed by atoms with van der Waals surface area (Å²) in [5, 5.41) is 73.9. The van der Waals surface area contributed by atoms with E-state index >= 15 is 0 Å². The van der Waals surface area contributed by atoms with E-state index in [9.17, 15) is 35.4 Å². The average Bonchev–Trinajstić information content (AvgIpc) is 3.09. The Hall–Kier alpha value is -1.11. The number of ether oxygens (including phenoxy) is 2. The Morgan fingerprint density at radius 3 is 2.33 bits per heavy atom. The molecule has 0 aromatic heterocycles. The molecule has 10 heteroatoms. The zero-order valence-corrected chi connectivity index (χ0v) is 25.5. The predicted molar refractivity (Wildman–Crippen MR) is 150 cm³/mol. The van der Waals surface area contributed by atoms with Crippen LogP contribution in [-0.4, -0.2) is 107 Å². The molecule has 7 rings (SSSR count). The summed E-state index contributed by atoms with van der Waals surface area (Å²) in [7, 11) is 0. The lowest BCUT2D eigenvalue weighted by atomic mass is 9.49. The Morgan fingerprint density at radius 1 is 0.952 bits per heavy atom. The highest BCUT2D eigenvalue weighted by Crippen LogP contribution is 2.78. The second kappa shape index (κ2) is 8.57. The van der Waals surface area contributed by atoms with Crippen molar-refractivity contribution in [3.8, 4) is 0 Å². The van der Waals surface area contributed by atoms with Gasteiger partial charge in [0.15, 0.2) is 6.10 Å². The van der Waals surface area contributed by atoms with Crippen molar-refractivity contribution < 1.29 is 44.9 Å². The van der Waals surface area contributed by atoms with Crippen LogP contribution in [0.25, 0.3) is 0 Å². The first-order valence-electron chi connectivity index (χ1n) is 16.0. The second-order valence-electron chi connectivity index (χ2n) is 15.7. The van der Waals surface area contributed by atoms with E-state index in [4.69, 9.17) is 9.47 Å². The number of nitrogens with zero attached hydrogens (tertiary/aromatic N) is 1. The van der Waals surface area contributed by atoms with Gasteiger partial charge in [-0.15, -0.1) is 0 Å². The molecule has 3 heterocycles. The summed E-state index contributed by atoms with van der Waals surface area (Å²) in [5.74, 6) is -4.05. The zero-order valence-electron chi connectivity index (χ0n) is 25.5. The number of hydrogen-bond donors (Lipinski definition) is 6. The molecule has 4 aliphatic carbocycles. The minimum atomic E-state index is -2.06. The Kier molecular flexibility index (Phi) is 6.04. The maximum Gasteiger partial charge on any atom is 0.333 e. The van der Waals surface area contributed by atoms with E-state index in [1.54, 1.807) is 26.8 Å². The number of carbonyl (C=O) groups excluding carboxylic acids is 1. The molecule has 6 N–H and O–H groups in total. The van der Waals surface area contributed by atoms with Gasteiger partial charge < -0.3 is 40.1 Å². The number of aliphatic hydroxyl groups excluding tert-OH is 1. The van der Waals surface area contributed by atoms with Crippen molar-refractivity contribution in [3.63, 3.8) is 0 Å². The van der Waals surface area contributed by atoms with Gasteiger partial charge in [0.05, 0.1) is 11.7 Å². The molecule has 3 aliphatic heterocycles. The van der Waals surface area contributed by atoms with Crippen LogP contribution in [0.5, 0.6) is 0 Å². The Labute approximate surface area is 247 Å². The van der Waals surface area contributed by atoms with Gasteiger partial charge in [0, 0.05) is 60.7 Å². The Morgan fingerprint density at radius 2 is 1.64 bits per heavy atom. The summed E-state index contributed by atoms with van der Waals surface area (Å²) in [4.78, 5) is 14.9. The standard InChI is InChI=1S/C32H49NO9/c1-6-18(3)25(35)41-24-11-12-26(4)19-8-9-20-28(37)13-23(34)31(39)21(29(28,38)16-30(20,26)42-32(19,24)40)15-33-14-17(2)7-10-22(33)27(31,5)36/h6,17,19-24,34,36-40H,7-16H2,1-5H3/b18-6-/t17?,19?,20?,21?,22?,23?,24?,26?,27-,28-,29-,30-,31+,32+/m1/s1. The predicted octanol–water partition coefficient (Wildman–Crippen LogP) is 0.991. The second-order valence-corrected chi connectivity index (χ2v) is 15.7. The van der Waals surface area contributed by atoms with E-state index in [1.165, 1.54) is 0 Å². The lowest BCUT2D eigenvalue weighted by Gasteiger charge is -2.68. The summed E-state index contributed by atoms with van der Waals surface area (Å²) in [6.07, 6.45) is 2.30. The third kappa shape index (κ3) is 3.07. The monoisotopic (exact) mass is 591 g/mol. The number of esters is 1. The fraction of sp³-hybridized carbons (Fsp3) is 0.906. The number of carbonyl (C=O) groups is 1. The molecule has 14 atom stereocenters. The van der Waals surface area contributed by atoms with Crippen LogP contribution in [0.15, 0.2) is 11.6 Å². The van der Waals surface area contributed by atoms with Crippen LogP contribution in [0, 0.1) is 29.1 Å². The van der Waals surface area contributed by atoms with E-state index in [0.29, 0.717) is 50.1 Å². The van der Waals surface area contributed by atoms with Crippen molar-refractivity contribution in [2.45, 2.75) is 138 Å². The van der Waals surface area contributed by atoms with Crippen molar-refractivity contribution in [1.29, 1.82) is 0 Å². The molecule has 1 spiro atoms. The normalized spacial score (nSPS) is 60.3. The van der Waals surface area contributed by atoms with Gasteiger partial charge in [-0.05, 0) is 65.2 Å². The minimum absolute atomic E-state index is 0.0606. The van der Waals surface area contributed by atoms with Crippen molar-refractivity contribution in [1.82, 2.24) is 4.90 Å². The van der Waals surface area contributed by atoms with Crippen molar-refractivity contribution in [2.75, 3.05) is 13.1 Å². The lowest BCUT2D eigenvalue weighted by Crippen LogP contribution is -2.85. The van der Waals surface area contributed by atoms with Gasteiger partial charge in [0.2, 0.25) is 5.79 Å². The van der Waals surface area contributed by atoms with E-state index in [-0.39, 0.29) is 25.4 Å². The first-order chi connectivity index (χ1) is 19.5. The molecule has 7 fully saturated rings. The number of fused-ring (bicyclic) bond motifs is 5. The van der Waals surface area contributed by atoms with Gasteiger partial charge in [-0.1, -0.05) is 19.9 Å². The zero-order chi connectivity index (χ0) is 30.5. The fourth-order valence-corrected chi connectivity index (χ4v) is 11.8. The molecule has 0 radical (unpaired) electrons. The van der Waals surface area contributed by atoms with Crippen LogP contribution in [0.1, 0.15) is 86.0 Å². The molecule has 236 valence electrons. The average molecular weight is 592 g/mol. The Bertz CT molecular complexity index is 1220. The van der Waals surface area contributed by atoms with Gasteiger partial charge in [0.1, 0.15) is 22.4 Å². The van der Waals surface area contributed by atoms with E-state index in [1.807, 2.05) is 6.92 Å². The van der Waals surface area contributed by atoms with Gasteiger partial charge in [-0.25, -0.2) is 4.79 Å². The minimum Gasteiger partial charge on any atom is -0.453 e. The van der Waals surface area contributed by atoms with Crippen molar-refractivity contribution >= 4 is 5.97 Å². The fourth-order valence-electron chi connectivity index (χ4n) is 11.8. The number of hydrogen-bond acceptors (Lipinski definition) is 10. The van der Waals surface area contributed by atoms with Crippen LogP contribution in [0.4, 0.5) is 0 Å². The first-order valence-corrected chi connectivity index (χ1v) is 16.0. The highest BCUT2D eigenvalue weighted by molar-refractivity contribution is 5.87. The molecule has 0 amide bonds. The summed E-state index contributed by atoms with van der Waals surface area (Å²) < 4.78 is 12.6. The molecule has 3 saturated heterocycles. The molecule has 7 aliphatic rings. The third-order valence-corrected chi connectivity index (χ3v) is 14.1. The smallest absolute Gasteiger partial charge is 0.333 e. The van der Waals surface area contributed by atoms with Crippen LogP contribution in [0.3, 0.4) is 0 Å². The lowest BCUT2D eigenvalue weighted by molar-refractivity contribution is -0.354. The number of aliphatic hydroxyl groups is 6. The van der Waals surface area contributed by atoms with E-state index in [2.05, 4.69) is 11.8 Å². The number of piperidine rings is 2. The maximum absolute atomic E-state index is 12.9. The molecular formula is C32H49NO9. The van der Waals surface area contributed by atoms with Crippen LogP contribution < -0.4 is 0 Å². The highest BCUT2D eigenvalue weighted by atomic mass is 16.7. The molecular weight excluding hydrogens is 542 g/mol. The number of rotatable bonds is 2. The van der Waals surface area contributed by atoms with Gasteiger partial charge >= 0.3 is 5.97 Å². The largest absolute Gasteiger partial charge is 0.453 e. The molecule has 4 saturated carbocycles. The summed E-state index contributed by atoms with van der Waals surface area (Å²) >= 11 is 0. The summed E-state index contributed by atoms with van der Waals surface area (Å²) in [5.41, 5.74) is -8.96. The molecule has 0 aromatic carbocycles. The van der Waals surface area contributed by atoms with Crippen LogP contribution in [-0.2, 0) is 14.3 Å². The van der Waals surface area contributed by atoms with Crippen molar-refractivity contribution in [2.24, 2.45) is 29.1 Å². The van der Waals surface area contributed by atoms with E-state index < -0.39 is 75.1 Å². The van der Waals surface area contributed by atoms with Crippen molar-refractivity contribution in [3.05, 3.63) is 11.6 Å². The SMILES string of the molecule is C/C=C(/C)C(=O)OC1CCC2(C)C3CCC4[C@]5(O)CC(O)[C@@]6(O)C(CN7CC(C)CCC7[C@@]6(C)O)[C@]5(O)C[C@@]42O[C@]13O. The first kappa shape index (κ1) is 29.6. The quantitative estimate of drug-likeness (QED) is 0.202. The topological polar surface area (TPSA) is 160 Å². The number of allylic oxidation sites excluding steroid dienone is 1.